The molecule has 0 aromatic carbocycles. The van der Waals surface area contributed by atoms with Crippen molar-refractivity contribution in [1.29, 1.82) is 0 Å². The Bertz CT molecular complexity index is 597. The highest BCUT2D eigenvalue weighted by atomic mass is 16.3. The monoisotopic (exact) mass is 482 g/mol. The third-order valence-electron chi connectivity index (χ3n) is 9.18. The van der Waals surface area contributed by atoms with Gasteiger partial charge in [0.15, 0.2) is 0 Å². The molecule has 0 saturated heterocycles. The molecule has 34 heavy (non-hydrogen) atoms. The molecule has 4 N–H and O–H groups in total. The van der Waals surface area contributed by atoms with Gasteiger partial charge in [0.1, 0.15) is 0 Å². The fourth-order valence-electron chi connectivity index (χ4n) is 6.18. The van der Waals surface area contributed by atoms with E-state index in [0.717, 1.165) is 56.4 Å². The average molecular weight is 483 g/mol. The Morgan fingerprint density at radius 1 is 0.941 bits per heavy atom. The van der Waals surface area contributed by atoms with Crippen molar-refractivity contribution in [3.63, 3.8) is 0 Å². The van der Waals surface area contributed by atoms with Gasteiger partial charge in [-0.1, -0.05) is 65.9 Å². The number of aliphatic hydroxyl groups excluding tert-OH is 3. The molecule has 0 aromatic heterocycles. The van der Waals surface area contributed by atoms with Crippen molar-refractivity contribution in [3.8, 4) is 0 Å². The van der Waals surface area contributed by atoms with Gasteiger partial charge in [0, 0.05) is 12.0 Å². The normalized spacial score (nSPS) is 29.8. The topological polar surface area (TPSA) is 80.9 Å². The smallest absolute Gasteiger partial charge is 0.0681 e. The Hall–Kier alpha value is -0.420. The quantitative estimate of drug-likeness (QED) is 0.186. The van der Waals surface area contributed by atoms with Gasteiger partial charge < -0.3 is 20.4 Å². The maximum Gasteiger partial charge on any atom is 0.0681 e. The minimum absolute atomic E-state index is 0.0578. The molecule has 6 atom stereocenters. The van der Waals surface area contributed by atoms with Crippen LogP contribution in [0.25, 0.3) is 0 Å². The van der Waals surface area contributed by atoms with E-state index in [0.29, 0.717) is 18.8 Å². The minimum Gasteiger partial charge on any atom is -0.396 e. The minimum atomic E-state index is -0.778. The summed E-state index contributed by atoms with van der Waals surface area (Å²) in [5.74, 6) is 1.86. The van der Waals surface area contributed by atoms with Gasteiger partial charge in [0.05, 0.1) is 18.3 Å². The van der Waals surface area contributed by atoms with Crippen molar-refractivity contribution in [3.05, 3.63) is 11.1 Å². The summed E-state index contributed by atoms with van der Waals surface area (Å²) in [5.41, 5.74) is 1.22. The molecule has 3 unspecified atom stereocenters. The summed E-state index contributed by atoms with van der Waals surface area (Å²) in [5, 5.41) is 41.5. The lowest BCUT2D eigenvalue weighted by Crippen LogP contribution is -2.52. The second kappa shape index (κ2) is 15.0. The summed E-state index contributed by atoms with van der Waals surface area (Å²) in [7, 11) is 0. The number of allylic oxidation sites excluding steroid dienone is 1. The Labute approximate surface area is 211 Å². The molecule has 0 aromatic rings. The summed E-state index contributed by atoms with van der Waals surface area (Å²) in [4.78, 5) is 0. The summed E-state index contributed by atoms with van der Waals surface area (Å²) in [6.07, 6.45) is 11.4. The Kier molecular flexibility index (Phi) is 13.9. The summed E-state index contributed by atoms with van der Waals surface area (Å²) in [6, 6.07) is 0. The third-order valence-corrected chi connectivity index (χ3v) is 9.18. The van der Waals surface area contributed by atoms with Crippen LogP contribution in [0.15, 0.2) is 11.1 Å². The lowest BCUT2D eigenvalue weighted by Gasteiger charge is -2.54. The van der Waals surface area contributed by atoms with Gasteiger partial charge in [0.2, 0.25) is 0 Å². The van der Waals surface area contributed by atoms with Crippen LogP contribution in [0, 0.1) is 29.1 Å². The molecule has 1 saturated carbocycles. The van der Waals surface area contributed by atoms with Gasteiger partial charge in [-0.15, -0.1) is 0 Å². The molecule has 0 amide bonds. The lowest BCUT2D eigenvalue weighted by molar-refractivity contribution is -0.115. The molecule has 0 heterocycles. The number of hydrogen-bond donors (Lipinski definition) is 4. The van der Waals surface area contributed by atoms with Gasteiger partial charge in [0.25, 0.3) is 0 Å². The highest BCUT2D eigenvalue weighted by molar-refractivity contribution is 5.24. The average Bonchev–Trinajstić information content (AvgIpc) is 2.77. The molecule has 1 rings (SSSR count). The molecule has 4 heteroatoms. The van der Waals surface area contributed by atoms with E-state index < -0.39 is 5.60 Å². The van der Waals surface area contributed by atoms with E-state index in [2.05, 4.69) is 34.6 Å². The van der Waals surface area contributed by atoms with Crippen LogP contribution in [0.4, 0.5) is 0 Å². The number of hydrogen-bond acceptors (Lipinski definition) is 4. The summed E-state index contributed by atoms with van der Waals surface area (Å²) >= 11 is 0. The van der Waals surface area contributed by atoms with E-state index in [1.807, 2.05) is 13.8 Å². The second-order valence-electron chi connectivity index (χ2n) is 12.5. The van der Waals surface area contributed by atoms with Crippen molar-refractivity contribution < 1.29 is 20.4 Å². The van der Waals surface area contributed by atoms with Crippen LogP contribution in [-0.2, 0) is 0 Å². The molecule has 1 aliphatic carbocycles. The maximum absolute atomic E-state index is 11.5. The lowest BCUT2D eigenvalue weighted by atomic mass is 9.54. The van der Waals surface area contributed by atoms with Crippen LogP contribution in [0.2, 0.25) is 0 Å². The van der Waals surface area contributed by atoms with Crippen LogP contribution in [0.3, 0.4) is 0 Å². The molecule has 0 spiro atoms. The van der Waals surface area contributed by atoms with E-state index >= 15 is 0 Å². The fourth-order valence-corrected chi connectivity index (χ4v) is 6.18. The third kappa shape index (κ3) is 9.22. The van der Waals surface area contributed by atoms with Crippen LogP contribution >= 0.6 is 0 Å². The first-order valence-corrected chi connectivity index (χ1v) is 14.2. The first-order valence-electron chi connectivity index (χ1n) is 14.2. The first-order chi connectivity index (χ1) is 15.9. The van der Waals surface area contributed by atoms with Crippen molar-refractivity contribution in [2.24, 2.45) is 29.1 Å². The highest BCUT2D eigenvalue weighted by Gasteiger charge is 2.52. The summed E-state index contributed by atoms with van der Waals surface area (Å²) < 4.78 is 0. The van der Waals surface area contributed by atoms with Gasteiger partial charge in [-0.3, -0.25) is 0 Å². The molecule has 202 valence electrons. The van der Waals surface area contributed by atoms with E-state index in [1.165, 1.54) is 24.8 Å². The molecule has 4 nitrogen and oxygen atoms in total. The first kappa shape index (κ1) is 31.6. The highest BCUT2D eigenvalue weighted by Crippen LogP contribution is 2.55. The summed E-state index contributed by atoms with van der Waals surface area (Å²) in [6.45, 7) is 15.4. The number of rotatable bonds is 16. The van der Waals surface area contributed by atoms with E-state index in [9.17, 15) is 20.4 Å². The van der Waals surface area contributed by atoms with Crippen molar-refractivity contribution in [2.45, 2.75) is 137 Å². The SMILES string of the molecule is C/C(CO)=C1\CC[C@](C)(O)[C@@](C)(CCCC(C)C(O)CCC(C)CCCC(C)C)[C@@H]1CCCO. The molecular weight excluding hydrogens is 424 g/mol. The van der Waals surface area contributed by atoms with E-state index in [-0.39, 0.29) is 36.6 Å². The Balaban J connectivity index is 2.70. The van der Waals surface area contributed by atoms with Crippen molar-refractivity contribution in [2.75, 3.05) is 13.2 Å². The van der Waals surface area contributed by atoms with Gasteiger partial charge in [-0.2, -0.15) is 0 Å². The molecule has 0 radical (unpaired) electrons. The van der Waals surface area contributed by atoms with Crippen LogP contribution in [-0.4, -0.2) is 45.3 Å². The molecule has 1 aliphatic rings. The van der Waals surface area contributed by atoms with Crippen LogP contribution < -0.4 is 0 Å². The van der Waals surface area contributed by atoms with Crippen LogP contribution in [0.5, 0.6) is 0 Å². The zero-order chi connectivity index (χ0) is 25.9. The van der Waals surface area contributed by atoms with Crippen molar-refractivity contribution in [1.82, 2.24) is 0 Å². The zero-order valence-corrected chi connectivity index (χ0v) is 23.6. The predicted molar refractivity (Wildman–Crippen MR) is 144 cm³/mol. The largest absolute Gasteiger partial charge is 0.396 e. The molecule has 0 aliphatic heterocycles. The standard InChI is InChI=1S/C30H58O4/c1-22(2)11-8-12-23(3)15-16-28(33)24(4)13-9-18-29(6)27(14-10-20-31)26(25(5)21-32)17-19-30(29,7)34/h22-24,27-28,31-34H,8-21H2,1-7H3/b26-25-/t23?,24?,27-,28?,29+,30+/m1/s1. The second-order valence-corrected chi connectivity index (χ2v) is 12.5. The fraction of sp³-hybridized carbons (Fsp3) is 0.933. The van der Waals surface area contributed by atoms with Gasteiger partial charge >= 0.3 is 0 Å². The van der Waals surface area contributed by atoms with Crippen molar-refractivity contribution >= 4 is 0 Å². The molecule has 1 fully saturated rings. The Morgan fingerprint density at radius 2 is 1.62 bits per heavy atom. The van der Waals surface area contributed by atoms with E-state index in [4.69, 9.17) is 0 Å². The zero-order valence-electron chi connectivity index (χ0n) is 23.6. The molecule has 0 bridgehead atoms. The van der Waals surface area contributed by atoms with Gasteiger partial charge in [-0.05, 0) is 94.5 Å². The predicted octanol–water partition coefficient (Wildman–Crippen LogP) is 6.64. The van der Waals surface area contributed by atoms with Gasteiger partial charge in [-0.25, -0.2) is 0 Å². The van der Waals surface area contributed by atoms with Crippen LogP contribution in [0.1, 0.15) is 126 Å². The molecular formula is C30H58O4. The van der Waals surface area contributed by atoms with E-state index in [1.54, 1.807) is 0 Å². The maximum atomic E-state index is 11.5. The number of aliphatic hydroxyl groups is 4. The Morgan fingerprint density at radius 3 is 2.21 bits per heavy atom.